The smallest absolute Gasteiger partial charge is 0.320 e. The molecule has 1 aliphatic heterocycles. The van der Waals surface area contributed by atoms with E-state index in [1.165, 1.54) is 0 Å². The van der Waals surface area contributed by atoms with Crippen LogP contribution >= 0.6 is 23.2 Å². The lowest BCUT2D eigenvalue weighted by Crippen LogP contribution is -2.46. The number of rotatable bonds is 7. The first-order valence-corrected chi connectivity index (χ1v) is 10.4. The Morgan fingerprint density at radius 1 is 1.00 bits per heavy atom. The summed E-state index contributed by atoms with van der Waals surface area (Å²) >= 11 is 12.4. The average molecular weight is 454 g/mol. The minimum Gasteiger partial charge on any atom is -0.493 e. The highest BCUT2D eigenvalue weighted by molar-refractivity contribution is 6.42. The Kier molecular flexibility index (Phi) is 7.34. The van der Waals surface area contributed by atoms with E-state index >= 15 is 0 Å². The molecule has 0 radical (unpaired) electrons. The van der Waals surface area contributed by atoms with E-state index in [1.807, 2.05) is 23.1 Å². The van der Waals surface area contributed by atoms with E-state index in [0.717, 1.165) is 24.0 Å². The van der Waals surface area contributed by atoms with Crippen LogP contribution in [0.25, 0.3) is 0 Å². The van der Waals surface area contributed by atoms with E-state index in [-0.39, 0.29) is 6.04 Å². The van der Waals surface area contributed by atoms with Crippen molar-refractivity contribution in [3.8, 4) is 17.2 Å². The number of hydrogen-bond acceptors (Lipinski definition) is 5. The molecule has 8 heteroatoms. The van der Waals surface area contributed by atoms with Gasteiger partial charge in [-0.05, 0) is 54.8 Å². The van der Waals surface area contributed by atoms with E-state index in [2.05, 4.69) is 0 Å². The fourth-order valence-electron chi connectivity index (χ4n) is 4.05. The summed E-state index contributed by atoms with van der Waals surface area (Å²) in [7, 11) is 4.65. The molecule has 6 nitrogen and oxygen atoms in total. The maximum atomic E-state index is 12.0. The molecule has 0 aromatic heterocycles. The molecular weight excluding hydrogens is 429 g/mol. The second-order valence-electron chi connectivity index (χ2n) is 7.12. The van der Waals surface area contributed by atoms with Gasteiger partial charge in [-0.1, -0.05) is 35.7 Å². The Bertz CT molecular complexity index is 895. The first kappa shape index (κ1) is 22.5. The van der Waals surface area contributed by atoms with Crippen molar-refractivity contribution in [3.63, 3.8) is 0 Å². The zero-order valence-electron chi connectivity index (χ0n) is 17.2. The summed E-state index contributed by atoms with van der Waals surface area (Å²) in [6.45, 7) is 0.637. The van der Waals surface area contributed by atoms with Crippen molar-refractivity contribution in [2.45, 2.75) is 31.3 Å². The number of halogens is 2. The van der Waals surface area contributed by atoms with Gasteiger partial charge >= 0.3 is 5.97 Å². The number of nitrogens with zero attached hydrogens (tertiary/aromatic N) is 1. The summed E-state index contributed by atoms with van der Waals surface area (Å²) in [5, 5.41) is 10.7. The van der Waals surface area contributed by atoms with E-state index in [0.29, 0.717) is 40.3 Å². The molecule has 1 N–H and O–H groups in total. The van der Waals surface area contributed by atoms with Crippen molar-refractivity contribution in [2.75, 3.05) is 27.9 Å². The highest BCUT2D eigenvalue weighted by atomic mass is 35.5. The molecule has 1 saturated heterocycles. The summed E-state index contributed by atoms with van der Waals surface area (Å²) in [5.74, 6) is 0.638. The number of aliphatic carboxylic acids is 1. The monoisotopic (exact) mass is 453 g/mol. The minimum absolute atomic E-state index is 0.380. The van der Waals surface area contributed by atoms with Crippen LogP contribution < -0.4 is 14.2 Å². The Morgan fingerprint density at radius 2 is 1.67 bits per heavy atom. The van der Waals surface area contributed by atoms with Crippen LogP contribution in [-0.2, 0) is 4.79 Å². The average Bonchev–Trinajstić information content (AvgIpc) is 2.75. The van der Waals surface area contributed by atoms with Gasteiger partial charge in [-0.3, -0.25) is 9.69 Å². The molecule has 0 aliphatic carbocycles. The van der Waals surface area contributed by atoms with Crippen LogP contribution in [0.4, 0.5) is 0 Å². The van der Waals surface area contributed by atoms with Crippen LogP contribution in [0.5, 0.6) is 17.2 Å². The van der Waals surface area contributed by atoms with Crippen LogP contribution in [0.1, 0.15) is 36.4 Å². The van der Waals surface area contributed by atoms with E-state index in [9.17, 15) is 9.90 Å². The number of likely N-dealkylation sites (tertiary alicyclic amines) is 1. The molecule has 0 bridgehead atoms. The van der Waals surface area contributed by atoms with Crippen LogP contribution in [0.15, 0.2) is 30.3 Å². The normalized spacial score (nSPS) is 18.0. The van der Waals surface area contributed by atoms with Crippen molar-refractivity contribution < 1.29 is 24.1 Å². The van der Waals surface area contributed by atoms with Crippen LogP contribution in [0.3, 0.4) is 0 Å². The summed E-state index contributed by atoms with van der Waals surface area (Å²) < 4.78 is 16.5. The number of carbonyl (C=O) groups is 1. The fourth-order valence-corrected chi connectivity index (χ4v) is 4.35. The molecule has 2 aromatic carbocycles. The minimum atomic E-state index is -0.841. The number of methoxy groups -OCH3 is 3. The Morgan fingerprint density at radius 3 is 2.20 bits per heavy atom. The molecule has 1 fully saturated rings. The van der Waals surface area contributed by atoms with E-state index in [1.54, 1.807) is 33.5 Å². The largest absolute Gasteiger partial charge is 0.493 e. The fraction of sp³-hybridized carbons (Fsp3) is 0.409. The van der Waals surface area contributed by atoms with E-state index in [4.69, 9.17) is 37.4 Å². The maximum Gasteiger partial charge on any atom is 0.320 e. The zero-order chi connectivity index (χ0) is 21.8. The summed E-state index contributed by atoms with van der Waals surface area (Å²) in [6, 6.07) is 8.08. The highest BCUT2D eigenvalue weighted by Crippen LogP contribution is 2.44. The third kappa shape index (κ3) is 4.46. The molecule has 30 heavy (non-hydrogen) atoms. The summed E-state index contributed by atoms with van der Waals surface area (Å²) in [4.78, 5) is 14.0. The SMILES string of the molecule is COc1cc(C(c2ccc(Cl)c(Cl)c2)N2CCCCC2C(=O)O)cc(OC)c1OC. The van der Waals surface area contributed by atoms with Crippen LogP contribution in [-0.4, -0.2) is 49.9 Å². The third-order valence-electron chi connectivity index (χ3n) is 5.42. The first-order valence-electron chi connectivity index (χ1n) is 9.64. The van der Waals surface area contributed by atoms with Crippen LogP contribution in [0, 0.1) is 0 Å². The number of benzene rings is 2. The molecule has 2 atom stereocenters. The van der Waals surface area contributed by atoms with E-state index < -0.39 is 12.0 Å². The quantitative estimate of drug-likeness (QED) is 0.632. The Balaban J connectivity index is 2.21. The van der Waals surface area contributed by atoms with Gasteiger partial charge in [0.15, 0.2) is 11.5 Å². The lowest BCUT2D eigenvalue weighted by molar-refractivity contribution is -0.145. The first-order chi connectivity index (χ1) is 14.4. The molecular formula is C22H25Cl2NO5. The van der Waals surface area contributed by atoms with Crippen molar-refractivity contribution >= 4 is 29.2 Å². The number of carboxylic acid groups (broad SMARTS) is 1. The molecule has 2 aromatic rings. The number of carboxylic acids is 1. The second-order valence-corrected chi connectivity index (χ2v) is 7.94. The summed E-state index contributed by atoms with van der Waals surface area (Å²) in [6.07, 6.45) is 2.36. The molecule has 0 spiro atoms. The van der Waals surface area contributed by atoms with Crippen LogP contribution in [0.2, 0.25) is 10.0 Å². The predicted molar refractivity (Wildman–Crippen MR) is 116 cm³/mol. The molecule has 2 unspecified atom stereocenters. The molecule has 0 amide bonds. The molecule has 3 rings (SSSR count). The van der Waals surface area contributed by atoms with Gasteiger partial charge in [-0.15, -0.1) is 0 Å². The number of ether oxygens (including phenoxy) is 3. The standard InChI is InChI=1S/C22H25Cl2NO5/c1-28-18-11-14(12-19(29-2)21(18)30-3)20(13-7-8-15(23)16(24)10-13)25-9-5-4-6-17(25)22(26)27/h7-8,10-12,17,20H,4-6,9H2,1-3H3,(H,26,27). The van der Waals surface area contributed by atoms with Crippen molar-refractivity contribution in [3.05, 3.63) is 51.5 Å². The van der Waals surface area contributed by atoms with Gasteiger partial charge in [0.2, 0.25) is 5.75 Å². The predicted octanol–water partition coefficient (Wildman–Crippen LogP) is 5.05. The number of piperidine rings is 1. The van der Waals surface area contributed by atoms with Crippen molar-refractivity contribution in [2.24, 2.45) is 0 Å². The van der Waals surface area contributed by atoms with Gasteiger partial charge in [0, 0.05) is 0 Å². The lowest BCUT2D eigenvalue weighted by Gasteiger charge is -2.40. The van der Waals surface area contributed by atoms with Gasteiger partial charge in [0.05, 0.1) is 37.4 Å². The molecule has 162 valence electrons. The highest BCUT2D eigenvalue weighted by Gasteiger charge is 2.36. The molecule has 1 aliphatic rings. The lowest BCUT2D eigenvalue weighted by atomic mass is 9.91. The van der Waals surface area contributed by atoms with Crippen molar-refractivity contribution in [1.29, 1.82) is 0 Å². The van der Waals surface area contributed by atoms with Gasteiger partial charge in [-0.25, -0.2) is 0 Å². The van der Waals surface area contributed by atoms with Gasteiger partial charge in [0.1, 0.15) is 6.04 Å². The third-order valence-corrected chi connectivity index (χ3v) is 6.16. The topological polar surface area (TPSA) is 68.2 Å². The molecule has 0 saturated carbocycles. The maximum absolute atomic E-state index is 12.0. The Hall–Kier alpha value is -2.15. The van der Waals surface area contributed by atoms with Gasteiger partial charge < -0.3 is 19.3 Å². The second kappa shape index (κ2) is 9.77. The zero-order valence-corrected chi connectivity index (χ0v) is 18.7. The van der Waals surface area contributed by atoms with Gasteiger partial charge in [0.25, 0.3) is 0 Å². The summed E-state index contributed by atoms with van der Waals surface area (Å²) in [5.41, 5.74) is 1.66. The van der Waals surface area contributed by atoms with Crippen molar-refractivity contribution in [1.82, 2.24) is 4.90 Å². The number of hydrogen-bond donors (Lipinski definition) is 1. The van der Waals surface area contributed by atoms with Gasteiger partial charge in [-0.2, -0.15) is 0 Å². The molecule has 1 heterocycles. The Labute approximate surface area is 186 Å².